The minimum absolute atomic E-state index is 0.0311. The van der Waals surface area contributed by atoms with Crippen LogP contribution in [0, 0.1) is 5.92 Å². The third-order valence-corrected chi connectivity index (χ3v) is 3.64. The predicted molar refractivity (Wildman–Crippen MR) is 89.4 cm³/mol. The molecule has 1 amide bonds. The molecule has 0 radical (unpaired) electrons. The number of carbonyl (C=O) groups is 1. The zero-order valence-corrected chi connectivity index (χ0v) is 13.8. The zero-order chi connectivity index (χ0) is 15.7. The fraction of sp³-hybridized carbons (Fsp3) is 0.588. The van der Waals surface area contributed by atoms with Gasteiger partial charge in [-0.1, -0.05) is 39.8 Å². The first kappa shape index (κ1) is 17.7. The maximum absolute atomic E-state index is 12.1. The van der Waals surface area contributed by atoms with Crippen molar-refractivity contribution in [3.8, 4) is 0 Å². The smallest absolute Gasteiger partial charge is 0.228 e. The van der Waals surface area contributed by atoms with Crippen molar-refractivity contribution in [3.63, 3.8) is 0 Å². The maximum Gasteiger partial charge on any atom is 0.228 e. The summed E-state index contributed by atoms with van der Waals surface area (Å²) in [5.74, 6) is 0.0346. The summed E-state index contributed by atoms with van der Waals surface area (Å²) in [7, 11) is 0. The average Bonchev–Trinajstić information content (AvgIpc) is 2.50. The molecule has 0 aliphatic heterocycles. The molecule has 4 nitrogen and oxygen atoms in total. The van der Waals surface area contributed by atoms with Gasteiger partial charge >= 0.3 is 0 Å². The van der Waals surface area contributed by atoms with E-state index < -0.39 is 0 Å². The summed E-state index contributed by atoms with van der Waals surface area (Å²) in [4.78, 5) is 14.5. The third kappa shape index (κ3) is 6.27. The van der Waals surface area contributed by atoms with Gasteiger partial charge in [0.15, 0.2) is 0 Å². The van der Waals surface area contributed by atoms with Gasteiger partial charge in [-0.3, -0.25) is 9.69 Å². The standard InChI is InChI=1S/C17H29N3O/c1-5-18-12-14(4)17(21)19-16-10-8-9-15(11-16)13-20(6-2)7-3/h8-11,14,18H,5-7,12-13H2,1-4H3,(H,19,21). The van der Waals surface area contributed by atoms with Gasteiger partial charge in [0.25, 0.3) is 0 Å². The Labute approximate surface area is 128 Å². The molecule has 1 atom stereocenters. The Balaban J connectivity index is 2.61. The van der Waals surface area contributed by atoms with Crippen molar-refractivity contribution >= 4 is 11.6 Å². The van der Waals surface area contributed by atoms with Crippen LogP contribution in [-0.4, -0.2) is 37.0 Å². The molecule has 0 saturated heterocycles. The zero-order valence-electron chi connectivity index (χ0n) is 13.8. The van der Waals surface area contributed by atoms with Crippen LogP contribution >= 0.6 is 0 Å². The summed E-state index contributed by atoms with van der Waals surface area (Å²) in [6, 6.07) is 8.12. The van der Waals surface area contributed by atoms with Crippen LogP contribution in [0.1, 0.15) is 33.3 Å². The van der Waals surface area contributed by atoms with Gasteiger partial charge in [0.2, 0.25) is 5.91 Å². The van der Waals surface area contributed by atoms with Crippen molar-refractivity contribution < 1.29 is 4.79 Å². The van der Waals surface area contributed by atoms with Gasteiger partial charge in [-0.05, 0) is 37.3 Å². The van der Waals surface area contributed by atoms with Crippen LogP contribution in [0.3, 0.4) is 0 Å². The summed E-state index contributed by atoms with van der Waals surface area (Å²) >= 11 is 0. The molecule has 0 spiro atoms. The van der Waals surface area contributed by atoms with E-state index in [1.165, 1.54) is 5.56 Å². The first-order valence-electron chi connectivity index (χ1n) is 7.93. The quantitative estimate of drug-likeness (QED) is 0.735. The number of nitrogens with zero attached hydrogens (tertiary/aromatic N) is 1. The maximum atomic E-state index is 12.1. The topological polar surface area (TPSA) is 44.4 Å². The van der Waals surface area contributed by atoms with Crippen LogP contribution in [0.15, 0.2) is 24.3 Å². The number of hydrogen-bond acceptors (Lipinski definition) is 3. The fourth-order valence-electron chi connectivity index (χ4n) is 2.17. The number of hydrogen-bond donors (Lipinski definition) is 2. The van der Waals surface area contributed by atoms with Crippen LogP contribution in [0.2, 0.25) is 0 Å². The molecule has 4 heteroatoms. The predicted octanol–water partition coefficient (Wildman–Crippen LogP) is 2.71. The Morgan fingerprint density at radius 1 is 1.24 bits per heavy atom. The van der Waals surface area contributed by atoms with Crippen LogP contribution in [-0.2, 0) is 11.3 Å². The summed E-state index contributed by atoms with van der Waals surface area (Å²) in [5.41, 5.74) is 2.11. The van der Waals surface area contributed by atoms with E-state index in [-0.39, 0.29) is 11.8 Å². The molecule has 0 aliphatic carbocycles. The normalized spacial score (nSPS) is 12.4. The second-order valence-electron chi connectivity index (χ2n) is 5.36. The summed E-state index contributed by atoms with van der Waals surface area (Å²) in [5, 5.41) is 6.20. The molecule has 0 aromatic heterocycles. The monoisotopic (exact) mass is 291 g/mol. The highest BCUT2D eigenvalue weighted by Gasteiger charge is 2.12. The van der Waals surface area contributed by atoms with Gasteiger partial charge in [-0.2, -0.15) is 0 Å². The summed E-state index contributed by atoms with van der Waals surface area (Å²) < 4.78 is 0. The highest BCUT2D eigenvalue weighted by molar-refractivity contribution is 5.92. The molecule has 0 bridgehead atoms. The van der Waals surface area contributed by atoms with Gasteiger partial charge < -0.3 is 10.6 Å². The molecule has 1 rings (SSSR count). The second kappa shape index (κ2) is 9.53. The molecule has 0 fully saturated rings. The van der Waals surface area contributed by atoms with E-state index in [0.29, 0.717) is 6.54 Å². The largest absolute Gasteiger partial charge is 0.326 e. The number of anilines is 1. The van der Waals surface area contributed by atoms with Crippen LogP contribution in [0.25, 0.3) is 0 Å². The second-order valence-corrected chi connectivity index (χ2v) is 5.36. The van der Waals surface area contributed by atoms with Crippen molar-refractivity contribution in [2.24, 2.45) is 5.92 Å². The van der Waals surface area contributed by atoms with Crippen molar-refractivity contribution in [3.05, 3.63) is 29.8 Å². The van der Waals surface area contributed by atoms with Gasteiger partial charge in [-0.15, -0.1) is 0 Å². The number of amides is 1. The lowest BCUT2D eigenvalue weighted by atomic mass is 10.1. The Morgan fingerprint density at radius 3 is 2.57 bits per heavy atom. The Bertz CT molecular complexity index is 430. The van der Waals surface area contributed by atoms with E-state index in [4.69, 9.17) is 0 Å². The summed E-state index contributed by atoms with van der Waals surface area (Å²) in [6.07, 6.45) is 0. The highest BCUT2D eigenvalue weighted by Crippen LogP contribution is 2.13. The Morgan fingerprint density at radius 2 is 1.95 bits per heavy atom. The van der Waals surface area contributed by atoms with Crippen LogP contribution in [0.5, 0.6) is 0 Å². The molecular weight excluding hydrogens is 262 g/mol. The number of nitrogens with one attached hydrogen (secondary N) is 2. The van der Waals surface area contributed by atoms with E-state index in [1.807, 2.05) is 26.0 Å². The Hall–Kier alpha value is -1.39. The molecule has 1 aromatic carbocycles. The SMILES string of the molecule is CCNCC(C)C(=O)Nc1cccc(CN(CC)CC)c1. The highest BCUT2D eigenvalue weighted by atomic mass is 16.1. The van der Waals surface area contributed by atoms with E-state index in [9.17, 15) is 4.79 Å². The van der Waals surface area contributed by atoms with Crippen molar-refractivity contribution in [2.75, 3.05) is 31.5 Å². The lowest BCUT2D eigenvalue weighted by Gasteiger charge is -2.18. The average molecular weight is 291 g/mol. The van der Waals surface area contributed by atoms with Crippen molar-refractivity contribution in [2.45, 2.75) is 34.2 Å². The van der Waals surface area contributed by atoms with E-state index in [2.05, 4.69) is 41.5 Å². The first-order chi connectivity index (χ1) is 10.1. The third-order valence-electron chi connectivity index (χ3n) is 3.64. The van der Waals surface area contributed by atoms with Crippen LogP contribution < -0.4 is 10.6 Å². The van der Waals surface area contributed by atoms with Crippen molar-refractivity contribution in [1.29, 1.82) is 0 Å². The van der Waals surface area contributed by atoms with Gasteiger partial charge in [-0.25, -0.2) is 0 Å². The minimum Gasteiger partial charge on any atom is -0.326 e. The molecule has 0 aliphatic rings. The number of benzene rings is 1. The van der Waals surface area contributed by atoms with E-state index in [0.717, 1.165) is 31.9 Å². The first-order valence-corrected chi connectivity index (χ1v) is 7.93. The number of rotatable bonds is 9. The molecule has 21 heavy (non-hydrogen) atoms. The van der Waals surface area contributed by atoms with E-state index >= 15 is 0 Å². The molecule has 118 valence electrons. The number of carbonyl (C=O) groups excluding carboxylic acids is 1. The van der Waals surface area contributed by atoms with Crippen molar-refractivity contribution in [1.82, 2.24) is 10.2 Å². The molecule has 0 saturated carbocycles. The summed E-state index contributed by atoms with van der Waals surface area (Å²) in [6.45, 7) is 12.9. The Kier molecular flexibility index (Phi) is 8.01. The minimum atomic E-state index is -0.0311. The molecule has 1 unspecified atom stereocenters. The van der Waals surface area contributed by atoms with E-state index in [1.54, 1.807) is 0 Å². The fourth-order valence-corrected chi connectivity index (χ4v) is 2.17. The molecule has 1 aromatic rings. The van der Waals surface area contributed by atoms with Crippen LogP contribution in [0.4, 0.5) is 5.69 Å². The molecular formula is C17H29N3O. The van der Waals surface area contributed by atoms with Gasteiger partial charge in [0.1, 0.15) is 0 Å². The lowest BCUT2D eigenvalue weighted by Crippen LogP contribution is -2.30. The molecule has 0 heterocycles. The lowest BCUT2D eigenvalue weighted by molar-refractivity contribution is -0.119. The van der Waals surface area contributed by atoms with Gasteiger partial charge in [0.05, 0.1) is 0 Å². The molecule has 2 N–H and O–H groups in total. The van der Waals surface area contributed by atoms with Gasteiger partial charge in [0, 0.05) is 24.7 Å².